The fourth-order valence-electron chi connectivity index (χ4n) is 3.95. The molecule has 1 aromatic carbocycles. The third kappa shape index (κ3) is 3.97. The highest BCUT2D eigenvalue weighted by molar-refractivity contribution is 5.80. The Balaban J connectivity index is 1.61. The molecule has 0 spiro atoms. The van der Waals surface area contributed by atoms with Gasteiger partial charge in [-0.05, 0) is 30.7 Å². The van der Waals surface area contributed by atoms with Gasteiger partial charge in [-0.2, -0.15) is 8.78 Å². The molecule has 24 heavy (non-hydrogen) atoms. The first-order valence-corrected chi connectivity index (χ1v) is 8.65. The highest BCUT2D eigenvalue weighted by Gasteiger charge is 2.35. The third-order valence-corrected chi connectivity index (χ3v) is 5.11. The molecule has 0 amide bonds. The molecule has 1 saturated carbocycles. The largest absolute Gasteiger partial charge is 0.434 e. The molecule has 1 aromatic rings. The van der Waals surface area contributed by atoms with Gasteiger partial charge in [0.15, 0.2) is 5.96 Å². The zero-order valence-electron chi connectivity index (χ0n) is 14.0. The van der Waals surface area contributed by atoms with Crippen LogP contribution in [-0.4, -0.2) is 37.6 Å². The van der Waals surface area contributed by atoms with Crippen LogP contribution in [-0.2, 0) is 6.54 Å². The van der Waals surface area contributed by atoms with Crippen LogP contribution in [0.2, 0.25) is 0 Å². The zero-order chi connectivity index (χ0) is 16.9. The van der Waals surface area contributed by atoms with Gasteiger partial charge in [-0.15, -0.1) is 0 Å². The van der Waals surface area contributed by atoms with Crippen LogP contribution in [0.25, 0.3) is 0 Å². The number of halogens is 2. The van der Waals surface area contributed by atoms with E-state index in [1.54, 1.807) is 25.2 Å². The lowest BCUT2D eigenvalue weighted by Gasteiger charge is -2.22. The standard InChI is InChI=1S/C18H25F2N3O/c1-21-18(23-11-14-7-2-3-8-15(14)12-23)22-10-13-6-4-5-9-16(13)24-17(19)20/h4-6,9,14-15,17H,2-3,7-8,10-12H2,1H3,(H,21,22). The molecule has 0 aromatic heterocycles. The van der Waals surface area contributed by atoms with Gasteiger partial charge in [-0.1, -0.05) is 31.0 Å². The van der Waals surface area contributed by atoms with Crippen LogP contribution in [0, 0.1) is 11.8 Å². The Morgan fingerprint density at radius 2 is 1.92 bits per heavy atom. The molecule has 2 aliphatic rings. The number of likely N-dealkylation sites (tertiary alicyclic amines) is 1. The Morgan fingerprint density at radius 3 is 2.54 bits per heavy atom. The lowest BCUT2D eigenvalue weighted by atomic mass is 9.82. The summed E-state index contributed by atoms with van der Waals surface area (Å²) in [6.07, 6.45) is 5.28. The molecular formula is C18H25F2N3O. The summed E-state index contributed by atoms with van der Waals surface area (Å²) in [4.78, 5) is 6.68. The smallest absolute Gasteiger partial charge is 0.387 e. The maximum Gasteiger partial charge on any atom is 0.387 e. The van der Waals surface area contributed by atoms with Crippen molar-refractivity contribution in [1.82, 2.24) is 10.2 Å². The predicted molar refractivity (Wildman–Crippen MR) is 90.3 cm³/mol. The molecule has 2 unspecified atom stereocenters. The average molecular weight is 337 g/mol. The summed E-state index contributed by atoms with van der Waals surface area (Å²) in [6, 6.07) is 6.88. The molecule has 0 bridgehead atoms. The lowest BCUT2D eigenvalue weighted by molar-refractivity contribution is -0.0504. The molecule has 1 heterocycles. The fraction of sp³-hybridized carbons (Fsp3) is 0.611. The van der Waals surface area contributed by atoms with E-state index in [0.29, 0.717) is 12.1 Å². The van der Waals surface area contributed by atoms with Gasteiger partial charge in [0.25, 0.3) is 0 Å². The highest BCUT2D eigenvalue weighted by Crippen LogP contribution is 2.36. The van der Waals surface area contributed by atoms with E-state index in [9.17, 15) is 8.78 Å². The molecule has 2 fully saturated rings. The van der Waals surface area contributed by atoms with E-state index in [2.05, 4.69) is 19.9 Å². The van der Waals surface area contributed by atoms with Crippen LogP contribution in [0.3, 0.4) is 0 Å². The summed E-state index contributed by atoms with van der Waals surface area (Å²) in [5, 5.41) is 3.30. The highest BCUT2D eigenvalue weighted by atomic mass is 19.3. The molecule has 1 N–H and O–H groups in total. The van der Waals surface area contributed by atoms with Crippen LogP contribution < -0.4 is 10.1 Å². The molecule has 1 saturated heterocycles. The van der Waals surface area contributed by atoms with Crippen molar-refractivity contribution < 1.29 is 13.5 Å². The van der Waals surface area contributed by atoms with E-state index in [1.165, 1.54) is 25.7 Å². The number of benzene rings is 1. The second kappa shape index (κ2) is 7.81. The molecule has 3 rings (SSSR count). The van der Waals surface area contributed by atoms with E-state index in [-0.39, 0.29) is 5.75 Å². The second-order valence-electron chi connectivity index (χ2n) is 6.60. The normalized spacial score (nSPS) is 24.2. The third-order valence-electron chi connectivity index (χ3n) is 5.11. The van der Waals surface area contributed by atoms with Gasteiger partial charge in [-0.25, -0.2) is 0 Å². The number of hydrogen-bond donors (Lipinski definition) is 1. The van der Waals surface area contributed by atoms with E-state index >= 15 is 0 Å². The number of guanidine groups is 1. The van der Waals surface area contributed by atoms with Gasteiger partial charge in [0, 0.05) is 32.2 Å². The van der Waals surface area contributed by atoms with Gasteiger partial charge in [-0.3, -0.25) is 4.99 Å². The van der Waals surface area contributed by atoms with Crippen LogP contribution in [0.4, 0.5) is 8.78 Å². The van der Waals surface area contributed by atoms with Crippen molar-refractivity contribution in [1.29, 1.82) is 0 Å². The zero-order valence-corrected chi connectivity index (χ0v) is 14.0. The Kier molecular flexibility index (Phi) is 5.53. The minimum absolute atomic E-state index is 0.213. The van der Waals surface area contributed by atoms with Gasteiger partial charge < -0.3 is 15.0 Å². The van der Waals surface area contributed by atoms with Gasteiger partial charge >= 0.3 is 6.61 Å². The van der Waals surface area contributed by atoms with Crippen molar-refractivity contribution in [2.45, 2.75) is 38.8 Å². The molecule has 132 valence electrons. The second-order valence-corrected chi connectivity index (χ2v) is 6.60. The molecule has 2 atom stereocenters. The number of fused-ring (bicyclic) bond motifs is 1. The SMILES string of the molecule is CN=C(NCc1ccccc1OC(F)F)N1CC2CCCCC2C1. The number of aliphatic imine (C=N–C) groups is 1. The summed E-state index contributed by atoms with van der Waals surface area (Å²) in [5.74, 6) is 2.60. The fourth-order valence-corrected chi connectivity index (χ4v) is 3.95. The number of ether oxygens (including phenoxy) is 1. The van der Waals surface area contributed by atoms with Crippen LogP contribution >= 0.6 is 0 Å². The number of nitrogens with one attached hydrogen (secondary N) is 1. The van der Waals surface area contributed by atoms with Crippen molar-refractivity contribution in [2.24, 2.45) is 16.8 Å². The Hall–Kier alpha value is -1.85. The lowest BCUT2D eigenvalue weighted by Crippen LogP contribution is -2.40. The molecular weight excluding hydrogens is 312 g/mol. The summed E-state index contributed by atoms with van der Waals surface area (Å²) in [6.45, 7) is -0.312. The number of para-hydroxylation sites is 1. The number of nitrogens with zero attached hydrogens (tertiary/aromatic N) is 2. The van der Waals surface area contributed by atoms with Crippen LogP contribution in [0.15, 0.2) is 29.3 Å². The molecule has 0 radical (unpaired) electrons. The van der Waals surface area contributed by atoms with Crippen molar-refractivity contribution in [3.63, 3.8) is 0 Å². The minimum Gasteiger partial charge on any atom is -0.434 e. The maximum atomic E-state index is 12.5. The first-order chi connectivity index (χ1) is 11.7. The number of alkyl halides is 2. The average Bonchev–Trinajstić information content (AvgIpc) is 3.00. The van der Waals surface area contributed by atoms with Crippen LogP contribution in [0.1, 0.15) is 31.2 Å². The van der Waals surface area contributed by atoms with Crippen LogP contribution in [0.5, 0.6) is 5.75 Å². The number of hydrogen-bond acceptors (Lipinski definition) is 2. The Morgan fingerprint density at radius 1 is 1.25 bits per heavy atom. The van der Waals surface area contributed by atoms with Crippen molar-refractivity contribution in [3.05, 3.63) is 29.8 Å². The van der Waals surface area contributed by atoms with Gasteiger partial charge in [0.1, 0.15) is 5.75 Å². The summed E-state index contributed by atoms with van der Waals surface area (Å²) in [5.41, 5.74) is 0.704. The van der Waals surface area contributed by atoms with E-state index < -0.39 is 6.61 Å². The van der Waals surface area contributed by atoms with Crippen molar-refractivity contribution in [3.8, 4) is 5.75 Å². The van der Waals surface area contributed by atoms with Gasteiger partial charge in [0.2, 0.25) is 0 Å². The summed E-state index contributed by atoms with van der Waals surface area (Å²) < 4.78 is 29.6. The summed E-state index contributed by atoms with van der Waals surface area (Å²) >= 11 is 0. The Bertz CT molecular complexity index is 565. The Labute approximate surface area is 141 Å². The predicted octanol–water partition coefficient (Wildman–Crippen LogP) is 3.49. The van der Waals surface area contributed by atoms with Crippen molar-refractivity contribution >= 4 is 5.96 Å². The maximum absolute atomic E-state index is 12.5. The minimum atomic E-state index is -2.81. The summed E-state index contributed by atoms with van der Waals surface area (Å²) in [7, 11) is 1.77. The van der Waals surface area contributed by atoms with E-state index in [1.807, 2.05) is 6.07 Å². The quantitative estimate of drug-likeness (QED) is 0.675. The van der Waals surface area contributed by atoms with Gasteiger partial charge in [0.05, 0.1) is 0 Å². The number of rotatable bonds is 4. The molecule has 1 aliphatic carbocycles. The molecule has 6 heteroatoms. The first kappa shape index (κ1) is 17.0. The molecule has 1 aliphatic heterocycles. The van der Waals surface area contributed by atoms with E-state index in [0.717, 1.165) is 30.9 Å². The topological polar surface area (TPSA) is 36.9 Å². The monoisotopic (exact) mass is 337 g/mol. The first-order valence-electron chi connectivity index (χ1n) is 8.65. The van der Waals surface area contributed by atoms with Crippen molar-refractivity contribution in [2.75, 3.05) is 20.1 Å². The molecule has 4 nitrogen and oxygen atoms in total. The van der Waals surface area contributed by atoms with E-state index in [4.69, 9.17) is 0 Å².